The lowest BCUT2D eigenvalue weighted by Gasteiger charge is -1.98. The van der Waals surface area contributed by atoms with Crippen LogP contribution in [-0.2, 0) is 4.74 Å². The van der Waals surface area contributed by atoms with E-state index in [1.54, 1.807) is 0 Å². The minimum Gasteiger partial charge on any atom is -0.381 e. The van der Waals surface area contributed by atoms with E-state index in [0.29, 0.717) is 0 Å². The quantitative estimate of drug-likeness (QED) is 0.590. The van der Waals surface area contributed by atoms with Crippen molar-refractivity contribution < 1.29 is 4.74 Å². The molecule has 0 aliphatic rings. The van der Waals surface area contributed by atoms with Crippen LogP contribution in [0.25, 0.3) is 11.1 Å². The Hall–Kier alpha value is -1.17. The Labute approximate surface area is 112 Å². The van der Waals surface area contributed by atoms with Gasteiger partial charge in [0, 0.05) is 13.2 Å². The van der Waals surface area contributed by atoms with Crippen molar-refractivity contribution in [3.05, 3.63) is 60.7 Å². The Morgan fingerprint density at radius 2 is 1.28 bits per heavy atom. The van der Waals surface area contributed by atoms with Crippen LogP contribution in [-0.4, -0.2) is 19.4 Å². The Morgan fingerprint density at radius 1 is 0.833 bits per heavy atom. The molecule has 96 valence electrons. The first-order valence-electron chi connectivity index (χ1n) is 6.26. The summed E-state index contributed by atoms with van der Waals surface area (Å²) in [6.45, 7) is 3.72. The van der Waals surface area contributed by atoms with Crippen LogP contribution < -0.4 is 0 Å². The van der Waals surface area contributed by atoms with Crippen molar-refractivity contribution >= 4 is 9.24 Å². The molecule has 1 nitrogen and oxygen atoms in total. The zero-order valence-electron chi connectivity index (χ0n) is 10.9. The second kappa shape index (κ2) is 9.82. The van der Waals surface area contributed by atoms with Gasteiger partial charge in [-0.3, -0.25) is 0 Å². The summed E-state index contributed by atoms with van der Waals surface area (Å²) in [5, 5.41) is 0. The predicted octanol–water partition coefficient (Wildman–Crippen LogP) is 4.25. The Balaban J connectivity index is 0.000000232. The van der Waals surface area contributed by atoms with Crippen LogP contribution in [0, 0.1) is 0 Å². The monoisotopic (exact) mass is 260 g/mol. The average Bonchev–Trinajstić information content (AvgIpc) is 2.48. The molecule has 0 saturated heterocycles. The van der Waals surface area contributed by atoms with Crippen LogP contribution in [0.2, 0.25) is 0 Å². The van der Waals surface area contributed by atoms with Crippen molar-refractivity contribution in [2.75, 3.05) is 19.4 Å². The van der Waals surface area contributed by atoms with Crippen molar-refractivity contribution in [3.8, 4) is 11.1 Å². The van der Waals surface area contributed by atoms with Gasteiger partial charge in [-0.1, -0.05) is 60.7 Å². The number of rotatable bonds is 4. The highest BCUT2D eigenvalue weighted by molar-refractivity contribution is 7.16. The van der Waals surface area contributed by atoms with Crippen molar-refractivity contribution in [1.82, 2.24) is 0 Å². The van der Waals surface area contributed by atoms with E-state index in [0.717, 1.165) is 19.4 Å². The SMILES string of the molecule is CCOCCP.c1ccc(-c2ccccc2)cc1. The molecular formula is C16H21OP. The first kappa shape index (κ1) is 14.9. The molecule has 2 aromatic carbocycles. The van der Waals surface area contributed by atoms with E-state index in [1.807, 2.05) is 19.1 Å². The van der Waals surface area contributed by atoms with Gasteiger partial charge in [0.05, 0.1) is 0 Å². The van der Waals surface area contributed by atoms with Gasteiger partial charge in [-0.15, -0.1) is 9.24 Å². The molecular weight excluding hydrogens is 239 g/mol. The maximum atomic E-state index is 4.96. The zero-order chi connectivity index (χ0) is 13.1. The molecule has 2 heteroatoms. The molecule has 0 amide bonds. The summed E-state index contributed by atoms with van der Waals surface area (Å²) >= 11 is 0. The summed E-state index contributed by atoms with van der Waals surface area (Å²) in [6, 6.07) is 20.8. The molecule has 0 saturated carbocycles. The molecule has 0 aliphatic heterocycles. The maximum absolute atomic E-state index is 4.96. The van der Waals surface area contributed by atoms with Gasteiger partial charge in [0.15, 0.2) is 0 Å². The van der Waals surface area contributed by atoms with Crippen LogP contribution in [0.5, 0.6) is 0 Å². The molecule has 0 N–H and O–H groups in total. The molecule has 0 aromatic heterocycles. The third-order valence-corrected chi connectivity index (χ3v) is 2.58. The fourth-order valence-corrected chi connectivity index (χ4v) is 1.66. The lowest BCUT2D eigenvalue weighted by Crippen LogP contribution is -1.91. The molecule has 18 heavy (non-hydrogen) atoms. The van der Waals surface area contributed by atoms with Gasteiger partial charge in [0.1, 0.15) is 0 Å². The molecule has 0 bridgehead atoms. The molecule has 0 fully saturated rings. The number of hydrogen-bond acceptors (Lipinski definition) is 1. The van der Waals surface area contributed by atoms with E-state index in [-0.39, 0.29) is 0 Å². The fraction of sp³-hybridized carbons (Fsp3) is 0.250. The summed E-state index contributed by atoms with van der Waals surface area (Å²) in [4.78, 5) is 0. The first-order valence-corrected chi connectivity index (χ1v) is 7.08. The van der Waals surface area contributed by atoms with Crippen molar-refractivity contribution in [1.29, 1.82) is 0 Å². The summed E-state index contributed by atoms with van der Waals surface area (Å²) in [5.41, 5.74) is 2.55. The van der Waals surface area contributed by atoms with Crippen LogP contribution in [0.3, 0.4) is 0 Å². The third-order valence-electron chi connectivity index (χ3n) is 2.35. The molecule has 1 atom stereocenters. The van der Waals surface area contributed by atoms with E-state index in [9.17, 15) is 0 Å². The summed E-state index contributed by atoms with van der Waals surface area (Å²) in [6.07, 6.45) is 1.05. The summed E-state index contributed by atoms with van der Waals surface area (Å²) < 4.78 is 4.96. The molecule has 0 radical (unpaired) electrons. The zero-order valence-corrected chi connectivity index (χ0v) is 12.0. The second-order valence-corrected chi connectivity index (χ2v) is 4.29. The van der Waals surface area contributed by atoms with Gasteiger partial charge in [-0.2, -0.15) is 0 Å². The average molecular weight is 260 g/mol. The van der Waals surface area contributed by atoms with E-state index < -0.39 is 0 Å². The molecule has 0 heterocycles. The molecule has 0 aliphatic carbocycles. The van der Waals surface area contributed by atoms with Crippen LogP contribution in [0.4, 0.5) is 0 Å². The number of benzene rings is 2. The third kappa shape index (κ3) is 5.95. The number of hydrogen-bond donors (Lipinski definition) is 0. The highest BCUT2D eigenvalue weighted by Gasteiger charge is 1.91. The molecule has 2 rings (SSSR count). The van der Waals surface area contributed by atoms with Crippen molar-refractivity contribution in [2.24, 2.45) is 0 Å². The van der Waals surface area contributed by atoms with E-state index in [4.69, 9.17) is 4.74 Å². The lowest BCUT2D eigenvalue weighted by molar-refractivity contribution is 0.164. The minimum atomic E-state index is 0.842. The maximum Gasteiger partial charge on any atom is 0.0500 e. The fourth-order valence-electron chi connectivity index (χ4n) is 1.49. The first-order chi connectivity index (χ1) is 8.88. The Kier molecular flexibility index (Phi) is 8.12. The summed E-state index contributed by atoms with van der Waals surface area (Å²) in [7, 11) is 2.60. The largest absolute Gasteiger partial charge is 0.381 e. The lowest BCUT2D eigenvalue weighted by atomic mass is 10.1. The predicted molar refractivity (Wildman–Crippen MR) is 82.9 cm³/mol. The van der Waals surface area contributed by atoms with Crippen molar-refractivity contribution in [3.63, 3.8) is 0 Å². The second-order valence-electron chi connectivity index (χ2n) is 3.72. The molecule has 1 unspecified atom stereocenters. The van der Waals surface area contributed by atoms with Gasteiger partial charge >= 0.3 is 0 Å². The van der Waals surface area contributed by atoms with Gasteiger partial charge < -0.3 is 4.74 Å². The summed E-state index contributed by atoms with van der Waals surface area (Å²) in [5.74, 6) is 0. The van der Waals surface area contributed by atoms with Crippen LogP contribution >= 0.6 is 9.24 Å². The highest BCUT2D eigenvalue weighted by atomic mass is 31.0. The Bertz CT molecular complexity index is 358. The van der Waals surface area contributed by atoms with Gasteiger partial charge in [-0.25, -0.2) is 0 Å². The number of ether oxygens (including phenoxy) is 1. The Morgan fingerprint density at radius 3 is 1.56 bits per heavy atom. The minimum absolute atomic E-state index is 0.842. The van der Waals surface area contributed by atoms with Crippen molar-refractivity contribution in [2.45, 2.75) is 6.92 Å². The van der Waals surface area contributed by atoms with E-state index >= 15 is 0 Å². The molecule has 0 spiro atoms. The van der Waals surface area contributed by atoms with Gasteiger partial charge in [-0.05, 0) is 24.2 Å². The van der Waals surface area contributed by atoms with Crippen LogP contribution in [0.15, 0.2) is 60.7 Å². The standard InChI is InChI=1S/C12H10.C4H11OP/c1-3-7-11(8-4-1)12-9-5-2-6-10-12;1-2-5-3-4-6/h1-10H;2-4,6H2,1H3. The molecule has 2 aromatic rings. The highest BCUT2D eigenvalue weighted by Crippen LogP contribution is 2.17. The smallest absolute Gasteiger partial charge is 0.0500 e. The topological polar surface area (TPSA) is 9.23 Å². The van der Waals surface area contributed by atoms with Crippen LogP contribution in [0.1, 0.15) is 6.92 Å². The normalized spacial score (nSPS) is 9.44. The van der Waals surface area contributed by atoms with Gasteiger partial charge in [0.2, 0.25) is 0 Å². The van der Waals surface area contributed by atoms with Gasteiger partial charge in [0.25, 0.3) is 0 Å². The van der Waals surface area contributed by atoms with E-state index in [1.165, 1.54) is 11.1 Å². The van der Waals surface area contributed by atoms with E-state index in [2.05, 4.69) is 57.8 Å².